The predicted octanol–water partition coefficient (Wildman–Crippen LogP) is 3.86. The smallest absolute Gasteiger partial charge is 0.257 e. The maximum atomic E-state index is 13.1. The first kappa shape index (κ1) is 21.0. The van der Waals surface area contributed by atoms with Gasteiger partial charge in [0.25, 0.3) is 5.56 Å². The van der Waals surface area contributed by atoms with Gasteiger partial charge in [0, 0.05) is 23.7 Å². The number of carbonyl (C=O) groups excluding carboxylic acids is 1. The van der Waals surface area contributed by atoms with E-state index in [4.69, 9.17) is 9.47 Å². The molecule has 0 unspecified atom stereocenters. The number of rotatable bonds is 6. The summed E-state index contributed by atoms with van der Waals surface area (Å²) in [4.78, 5) is 33.0. The molecule has 0 bridgehead atoms. The van der Waals surface area contributed by atoms with Crippen molar-refractivity contribution in [3.8, 4) is 11.5 Å². The van der Waals surface area contributed by atoms with Crippen LogP contribution in [0.25, 0.3) is 0 Å². The Kier molecular flexibility index (Phi) is 5.99. The molecule has 1 aromatic heterocycles. The number of para-hydroxylation sites is 1. The second-order valence-corrected chi connectivity index (χ2v) is 8.20. The fourth-order valence-corrected chi connectivity index (χ4v) is 4.73. The van der Waals surface area contributed by atoms with E-state index in [1.165, 1.54) is 17.3 Å². The molecule has 0 radical (unpaired) electrons. The molecule has 0 fully saturated rings. The van der Waals surface area contributed by atoms with Crippen molar-refractivity contribution in [1.82, 2.24) is 9.97 Å². The van der Waals surface area contributed by atoms with E-state index in [-0.39, 0.29) is 17.9 Å². The second kappa shape index (κ2) is 8.85. The third-order valence-corrected chi connectivity index (χ3v) is 6.29. The van der Waals surface area contributed by atoms with Crippen LogP contribution in [0.2, 0.25) is 0 Å². The molecule has 1 amide bonds. The van der Waals surface area contributed by atoms with Crippen molar-refractivity contribution in [2.24, 2.45) is 0 Å². The van der Waals surface area contributed by atoms with Gasteiger partial charge in [0.15, 0.2) is 16.7 Å². The molecule has 0 aliphatic carbocycles. The van der Waals surface area contributed by atoms with Crippen LogP contribution in [0.3, 0.4) is 0 Å². The van der Waals surface area contributed by atoms with E-state index in [1.807, 2.05) is 43.3 Å². The van der Waals surface area contributed by atoms with E-state index in [0.29, 0.717) is 39.4 Å². The Morgan fingerprint density at radius 2 is 1.90 bits per heavy atom. The van der Waals surface area contributed by atoms with E-state index in [9.17, 15) is 9.59 Å². The number of nitrogens with one attached hydrogen (secondary N) is 2. The van der Waals surface area contributed by atoms with Gasteiger partial charge >= 0.3 is 0 Å². The predicted molar refractivity (Wildman–Crippen MR) is 120 cm³/mol. The largest absolute Gasteiger partial charge is 0.493 e. The normalized spacial score (nSPS) is 15.2. The fraction of sp³-hybridized carbons (Fsp3) is 0.261. The number of H-pyrrole nitrogens is 1. The van der Waals surface area contributed by atoms with Crippen LogP contribution < -0.4 is 20.3 Å². The van der Waals surface area contributed by atoms with Gasteiger partial charge in [-0.2, -0.15) is 0 Å². The number of aromatic amines is 1. The highest BCUT2D eigenvalue weighted by Crippen LogP contribution is 2.42. The topological polar surface area (TPSA) is 93.3 Å². The summed E-state index contributed by atoms with van der Waals surface area (Å²) < 4.78 is 10.9. The number of anilines is 1. The lowest BCUT2D eigenvalue weighted by Gasteiger charge is -2.26. The number of methoxy groups -OCH3 is 2. The minimum absolute atomic E-state index is 0.122. The third kappa shape index (κ3) is 4.16. The first-order chi connectivity index (χ1) is 15.0. The average molecular weight is 438 g/mol. The van der Waals surface area contributed by atoms with Crippen LogP contribution in [0.5, 0.6) is 11.5 Å². The van der Waals surface area contributed by atoms with Crippen LogP contribution >= 0.6 is 11.8 Å². The Hall–Kier alpha value is -3.26. The monoisotopic (exact) mass is 437 g/mol. The van der Waals surface area contributed by atoms with Crippen molar-refractivity contribution < 1.29 is 14.3 Å². The molecular weight excluding hydrogens is 414 g/mol. The van der Waals surface area contributed by atoms with Crippen LogP contribution in [-0.4, -0.2) is 30.1 Å². The van der Waals surface area contributed by atoms with Crippen LogP contribution in [0.15, 0.2) is 52.4 Å². The van der Waals surface area contributed by atoms with Gasteiger partial charge in [0.2, 0.25) is 5.91 Å². The molecule has 2 N–H and O–H groups in total. The summed E-state index contributed by atoms with van der Waals surface area (Å²) in [7, 11) is 3.09. The molecule has 8 heteroatoms. The maximum absolute atomic E-state index is 13.1. The molecule has 2 aromatic carbocycles. The van der Waals surface area contributed by atoms with Crippen molar-refractivity contribution in [3.05, 3.63) is 75.1 Å². The number of benzene rings is 2. The molecule has 7 nitrogen and oxygen atoms in total. The summed E-state index contributed by atoms with van der Waals surface area (Å²) in [5.74, 6) is 1.32. The van der Waals surface area contributed by atoms with Crippen LogP contribution in [0.1, 0.15) is 34.6 Å². The highest BCUT2D eigenvalue weighted by molar-refractivity contribution is 7.98. The van der Waals surface area contributed by atoms with Crippen LogP contribution in [-0.2, 0) is 10.5 Å². The fourth-order valence-electron chi connectivity index (χ4n) is 3.79. The Labute approximate surface area is 184 Å². The molecule has 3 aromatic rings. The number of aromatic nitrogens is 2. The maximum Gasteiger partial charge on any atom is 0.257 e. The van der Waals surface area contributed by atoms with Gasteiger partial charge in [0.1, 0.15) is 5.82 Å². The molecule has 160 valence electrons. The molecule has 4 rings (SSSR count). The van der Waals surface area contributed by atoms with Gasteiger partial charge in [-0.25, -0.2) is 4.98 Å². The van der Waals surface area contributed by atoms with E-state index < -0.39 is 5.92 Å². The zero-order valence-electron chi connectivity index (χ0n) is 17.5. The molecule has 1 aliphatic rings. The van der Waals surface area contributed by atoms with Crippen LogP contribution in [0, 0.1) is 6.92 Å². The van der Waals surface area contributed by atoms with Gasteiger partial charge in [-0.15, -0.1) is 0 Å². The Morgan fingerprint density at radius 3 is 2.65 bits per heavy atom. The third-order valence-electron chi connectivity index (χ3n) is 5.36. The summed E-state index contributed by atoms with van der Waals surface area (Å²) in [6.45, 7) is 2.05. The van der Waals surface area contributed by atoms with Crippen molar-refractivity contribution >= 4 is 23.5 Å². The molecule has 2 heterocycles. The number of hydrogen-bond donors (Lipinski definition) is 2. The minimum Gasteiger partial charge on any atom is -0.493 e. The van der Waals surface area contributed by atoms with E-state index in [0.717, 1.165) is 5.56 Å². The molecular formula is C23H23N3O4S. The summed E-state index contributed by atoms with van der Waals surface area (Å²) in [6.07, 6.45) is 0.122. The standard InChI is InChI=1S/C23H23N3O4S/c1-13-7-4-5-8-14(13)12-31-23-25-21-19(22(28)26-23)16(11-18(27)24-21)15-9-6-10-17(29-2)20(15)30-3/h4-10,16H,11-12H2,1-3H3,(H2,24,25,26,27,28)/t16-/m1/s1. The first-order valence-corrected chi connectivity index (χ1v) is 10.8. The number of hydrogen-bond acceptors (Lipinski definition) is 6. The minimum atomic E-state index is -0.486. The van der Waals surface area contributed by atoms with E-state index in [1.54, 1.807) is 20.3 Å². The zero-order chi connectivity index (χ0) is 22.0. The highest BCUT2D eigenvalue weighted by Gasteiger charge is 2.33. The summed E-state index contributed by atoms with van der Waals surface area (Å²) in [6, 6.07) is 13.5. The van der Waals surface area contributed by atoms with Gasteiger partial charge in [-0.05, 0) is 24.1 Å². The van der Waals surface area contributed by atoms with Crippen LogP contribution in [0.4, 0.5) is 5.82 Å². The molecule has 1 aliphatic heterocycles. The highest BCUT2D eigenvalue weighted by atomic mass is 32.2. The van der Waals surface area contributed by atoms with E-state index in [2.05, 4.69) is 15.3 Å². The Bertz CT molecular complexity index is 1190. The Morgan fingerprint density at radius 1 is 1.10 bits per heavy atom. The summed E-state index contributed by atoms with van der Waals surface area (Å²) in [5.41, 5.74) is 3.20. The SMILES string of the molecule is COc1cccc([C@H]2CC(=O)Nc3nc(SCc4ccccc4C)[nH]c(=O)c32)c1OC. The van der Waals surface area contributed by atoms with Crippen molar-refractivity contribution in [2.45, 2.75) is 30.2 Å². The van der Waals surface area contributed by atoms with Crippen molar-refractivity contribution in [3.63, 3.8) is 0 Å². The van der Waals surface area contributed by atoms with Gasteiger partial charge < -0.3 is 19.8 Å². The van der Waals surface area contributed by atoms with Crippen molar-refractivity contribution in [1.29, 1.82) is 0 Å². The molecule has 1 atom stereocenters. The lowest BCUT2D eigenvalue weighted by atomic mass is 9.86. The number of amides is 1. The number of fused-ring (bicyclic) bond motifs is 1. The second-order valence-electron chi connectivity index (χ2n) is 7.24. The van der Waals surface area contributed by atoms with E-state index >= 15 is 0 Å². The molecule has 0 saturated heterocycles. The molecule has 0 saturated carbocycles. The lowest BCUT2D eigenvalue weighted by Crippen LogP contribution is -2.31. The number of thioether (sulfide) groups is 1. The summed E-state index contributed by atoms with van der Waals surface area (Å²) in [5, 5.41) is 3.22. The van der Waals surface area contributed by atoms with Gasteiger partial charge in [-0.3, -0.25) is 9.59 Å². The lowest BCUT2D eigenvalue weighted by molar-refractivity contribution is -0.116. The quantitative estimate of drug-likeness (QED) is 0.449. The zero-order valence-corrected chi connectivity index (χ0v) is 18.3. The number of carbonyl (C=O) groups is 1. The van der Waals surface area contributed by atoms with Gasteiger partial charge in [-0.1, -0.05) is 48.2 Å². The average Bonchev–Trinajstić information content (AvgIpc) is 2.77. The van der Waals surface area contributed by atoms with Gasteiger partial charge in [0.05, 0.1) is 19.8 Å². The first-order valence-electron chi connectivity index (χ1n) is 9.84. The summed E-state index contributed by atoms with van der Waals surface area (Å²) >= 11 is 1.42. The Balaban J connectivity index is 1.71. The number of ether oxygens (including phenoxy) is 2. The molecule has 0 spiro atoms. The van der Waals surface area contributed by atoms with Crippen molar-refractivity contribution in [2.75, 3.05) is 19.5 Å². The number of aryl methyl sites for hydroxylation is 1. The molecule has 31 heavy (non-hydrogen) atoms. The number of nitrogens with zero attached hydrogens (tertiary/aromatic N) is 1.